The average molecular weight is 430 g/mol. The molecule has 0 fully saturated rings. The Morgan fingerprint density at radius 1 is 0.710 bits per heavy atom. The number of ether oxygens (including phenoxy) is 6. The number of rotatable bonds is 4. The van der Waals surface area contributed by atoms with E-state index in [1.807, 2.05) is 0 Å². The van der Waals surface area contributed by atoms with Gasteiger partial charge in [-0.15, -0.1) is 0 Å². The van der Waals surface area contributed by atoms with Crippen LogP contribution in [0.15, 0.2) is 35.4 Å². The van der Waals surface area contributed by atoms with Crippen LogP contribution in [-0.2, 0) is 47.6 Å². The van der Waals surface area contributed by atoms with Gasteiger partial charge in [0.1, 0.15) is 0 Å². The fourth-order valence-electron chi connectivity index (χ4n) is 4.20. The van der Waals surface area contributed by atoms with Crippen LogP contribution in [0.2, 0.25) is 0 Å². The van der Waals surface area contributed by atoms with Crippen LogP contribution in [0, 0.1) is 0 Å². The van der Waals surface area contributed by atoms with Crippen molar-refractivity contribution in [3.63, 3.8) is 0 Å². The van der Waals surface area contributed by atoms with Crippen LogP contribution >= 0.6 is 0 Å². The lowest BCUT2D eigenvalue weighted by molar-refractivity contribution is -0.197. The van der Waals surface area contributed by atoms with Gasteiger partial charge in [0.2, 0.25) is 5.79 Å². The van der Waals surface area contributed by atoms with Gasteiger partial charge >= 0.3 is 23.9 Å². The molecule has 31 heavy (non-hydrogen) atoms. The molecule has 0 N–H and O–H groups in total. The SMILES string of the molecule is COC(=O)C1=C2c3ccccc3C3=C(C(=O)OC)[C@@H](C(=O)OC)OC23O[C@@H]1C(=O)OC. The summed E-state index contributed by atoms with van der Waals surface area (Å²) in [6, 6.07) is 6.76. The molecule has 10 heteroatoms. The molecule has 2 aliphatic heterocycles. The molecule has 0 amide bonds. The minimum Gasteiger partial charge on any atom is -0.467 e. The molecule has 2 atom stereocenters. The average Bonchev–Trinajstić information content (AvgIpc) is 3.39. The van der Waals surface area contributed by atoms with Crippen LogP contribution < -0.4 is 0 Å². The van der Waals surface area contributed by atoms with Crippen molar-refractivity contribution in [2.75, 3.05) is 28.4 Å². The monoisotopic (exact) mass is 430 g/mol. The van der Waals surface area contributed by atoms with Crippen LogP contribution in [0.4, 0.5) is 0 Å². The molecule has 0 bridgehead atoms. The number of carbonyl (C=O) groups is 4. The first kappa shape index (κ1) is 20.8. The highest BCUT2D eigenvalue weighted by atomic mass is 16.7. The maximum atomic E-state index is 12.7. The third kappa shape index (κ3) is 2.65. The lowest BCUT2D eigenvalue weighted by Gasteiger charge is -2.25. The van der Waals surface area contributed by atoms with Crippen LogP contribution in [0.5, 0.6) is 0 Å². The van der Waals surface area contributed by atoms with Gasteiger partial charge in [-0.2, -0.15) is 0 Å². The summed E-state index contributed by atoms with van der Waals surface area (Å²) < 4.78 is 31.3. The quantitative estimate of drug-likeness (QED) is 0.489. The van der Waals surface area contributed by atoms with Gasteiger partial charge in [0.15, 0.2) is 12.2 Å². The second-order valence-corrected chi connectivity index (χ2v) is 6.76. The molecular formula is C21H18O10. The zero-order chi connectivity index (χ0) is 22.5. The van der Waals surface area contributed by atoms with E-state index in [1.165, 1.54) is 0 Å². The molecule has 2 heterocycles. The molecule has 0 radical (unpaired) electrons. The standard InChI is InChI=1S/C21H18O10/c1-26-17(22)11-13-9-7-5-6-8-10(9)14-12(18(23)27-2)16(20(25)29-4)31-21(13,14)30-15(11)19(24)28-3/h5-8,15-16H,1-4H3/t15-,16-,21?/m0/s1. The summed E-state index contributed by atoms with van der Waals surface area (Å²) in [6.07, 6.45) is -3.02. The molecular weight excluding hydrogens is 412 g/mol. The van der Waals surface area contributed by atoms with E-state index < -0.39 is 41.9 Å². The smallest absolute Gasteiger partial charge is 0.340 e. The Morgan fingerprint density at radius 3 is 1.42 bits per heavy atom. The second kappa shape index (κ2) is 7.33. The Morgan fingerprint density at radius 2 is 1.10 bits per heavy atom. The zero-order valence-electron chi connectivity index (χ0n) is 17.0. The summed E-state index contributed by atoms with van der Waals surface area (Å²) in [5.74, 6) is -5.35. The topological polar surface area (TPSA) is 124 Å². The highest BCUT2D eigenvalue weighted by Crippen LogP contribution is 2.62. The lowest BCUT2D eigenvalue weighted by atomic mass is 9.97. The number of methoxy groups -OCH3 is 4. The van der Waals surface area contributed by atoms with Gasteiger partial charge in [-0.1, -0.05) is 24.3 Å². The molecule has 0 saturated carbocycles. The molecule has 1 aromatic rings. The first-order chi connectivity index (χ1) is 14.9. The van der Waals surface area contributed by atoms with E-state index in [-0.39, 0.29) is 22.3 Å². The van der Waals surface area contributed by atoms with E-state index >= 15 is 0 Å². The number of esters is 4. The molecule has 1 aromatic carbocycles. The van der Waals surface area contributed by atoms with Crippen molar-refractivity contribution in [2.45, 2.75) is 18.0 Å². The van der Waals surface area contributed by atoms with Gasteiger partial charge < -0.3 is 28.4 Å². The van der Waals surface area contributed by atoms with Crippen LogP contribution in [0.1, 0.15) is 11.1 Å². The van der Waals surface area contributed by atoms with Crippen LogP contribution in [0.25, 0.3) is 11.1 Å². The lowest BCUT2D eigenvalue weighted by Crippen LogP contribution is -2.38. The fourth-order valence-corrected chi connectivity index (χ4v) is 4.20. The normalized spacial score (nSPS) is 22.5. The van der Waals surface area contributed by atoms with E-state index in [2.05, 4.69) is 0 Å². The van der Waals surface area contributed by atoms with Crippen LogP contribution in [-0.4, -0.2) is 70.3 Å². The molecule has 0 aromatic heterocycles. The summed E-state index contributed by atoms with van der Waals surface area (Å²) in [7, 11) is 4.57. The van der Waals surface area contributed by atoms with E-state index in [0.717, 1.165) is 28.4 Å². The minimum absolute atomic E-state index is 0.147. The Labute approximate surface area is 176 Å². The van der Waals surface area contributed by atoms with Crippen molar-refractivity contribution in [1.29, 1.82) is 0 Å². The van der Waals surface area contributed by atoms with Gasteiger partial charge in [-0.3, -0.25) is 0 Å². The van der Waals surface area contributed by atoms with E-state index in [4.69, 9.17) is 28.4 Å². The highest BCUT2D eigenvalue weighted by molar-refractivity contribution is 6.19. The second-order valence-electron chi connectivity index (χ2n) is 6.76. The highest BCUT2D eigenvalue weighted by Gasteiger charge is 2.67. The molecule has 1 spiro atoms. The Kier molecular flexibility index (Phi) is 4.91. The predicted octanol–water partition coefficient (Wildman–Crippen LogP) is 0.393. The maximum Gasteiger partial charge on any atom is 0.340 e. The van der Waals surface area contributed by atoms with Gasteiger partial charge in [-0.05, 0) is 11.1 Å². The summed E-state index contributed by atoms with van der Waals surface area (Å²) >= 11 is 0. The number of hydrogen-bond donors (Lipinski definition) is 0. The molecule has 0 saturated heterocycles. The fraction of sp³-hybridized carbons (Fsp3) is 0.333. The zero-order valence-corrected chi connectivity index (χ0v) is 17.0. The van der Waals surface area contributed by atoms with Gasteiger partial charge in [0.25, 0.3) is 0 Å². The molecule has 1 aliphatic carbocycles. The van der Waals surface area contributed by atoms with E-state index in [1.54, 1.807) is 24.3 Å². The number of fused-ring (bicyclic) bond motifs is 3. The minimum atomic E-state index is -1.91. The summed E-state index contributed by atoms with van der Waals surface area (Å²) in [4.78, 5) is 50.4. The Bertz CT molecular complexity index is 994. The first-order valence-corrected chi connectivity index (χ1v) is 9.13. The van der Waals surface area contributed by atoms with Gasteiger partial charge in [-0.25, -0.2) is 19.2 Å². The maximum absolute atomic E-state index is 12.7. The number of hydrogen-bond acceptors (Lipinski definition) is 10. The number of carbonyl (C=O) groups excluding carboxylic acids is 4. The molecule has 10 nitrogen and oxygen atoms in total. The van der Waals surface area contributed by atoms with E-state index in [9.17, 15) is 19.2 Å². The predicted molar refractivity (Wildman–Crippen MR) is 101 cm³/mol. The number of benzene rings is 1. The molecule has 3 aliphatic rings. The summed E-state index contributed by atoms with van der Waals surface area (Å²) in [5, 5.41) is 0. The largest absolute Gasteiger partial charge is 0.467 e. The van der Waals surface area contributed by atoms with Crippen molar-refractivity contribution >= 4 is 35.0 Å². The molecule has 0 unspecified atom stereocenters. The third-order valence-electron chi connectivity index (χ3n) is 5.40. The summed E-state index contributed by atoms with van der Waals surface area (Å²) in [5.41, 5.74) is 0.988. The van der Waals surface area contributed by atoms with Crippen molar-refractivity contribution in [1.82, 2.24) is 0 Å². The summed E-state index contributed by atoms with van der Waals surface area (Å²) in [6.45, 7) is 0. The van der Waals surface area contributed by atoms with Gasteiger partial charge in [0, 0.05) is 11.1 Å². The Hall–Kier alpha value is -3.50. The first-order valence-electron chi connectivity index (χ1n) is 9.13. The van der Waals surface area contributed by atoms with Crippen molar-refractivity contribution in [3.05, 3.63) is 46.5 Å². The van der Waals surface area contributed by atoms with Gasteiger partial charge in [0.05, 0.1) is 39.6 Å². The van der Waals surface area contributed by atoms with Crippen LogP contribution in [0.3, 0.4) is 0 Å². The van der Waals surface area contributed by atoms with Crippen molar-refractivity contribution in [3.8, 4) is 0 Å². The van der Waals surface area contributed by atoms with Crippen molar-refractivity contribution < 1.29 is 47.6 Å². The molecule has 162 valence electrons. The van der Waals surface area contributed by atoms with Crippen molar-refractivity contribution in [2.24, 2.45) is 0 Å². The molecule has 4 rings (SSSR count). The third-order valence-corrected chi connectivity index (χ3v) is 5.40. The Balaban J connectivity index is 2.09. The van der Waals surface area contributed by atoms with E-state index in [0.29, 0.717) is 11.1 Å².